The van der Waals surface area contributed by atoms with Crippen molar-refractivity contribution >= 4 is 44.0 Å². The van der Waals surface area contributed by atoms with E-state index in [-0.39, 0.29) is 34.0 Å². The third-order valence-corrected chi connectivity index (χ3v) is 10.4. The fourth-order valence-corrected chi connectivity index (χ4v) is 7.24. The molecule has 10 nitrogen and oxygen atoms in total. The molecule has 0 fully saturated rings. The highest BCUT2D eigenvalue weighted by atomic mass is 32.2. The maximum atomic E-state index is 13.7. The summed E-state index contributed by atoms with van der Waals surface area (Å²) in [7, 11) is -4.34. The lowest BCUT2D eigenvalue weighted by atomic mass is 10.0. The van der Waals surface area contributed by atoms with Crippen LogP contribution in [0.1, 0.15) is 33.4 Å². The van der Waals surface area contributed by atoms with Crippen LogP contribution in [0.15, 0.2) is 143 Å². The number of rotatable bonds is 12. The van der Waals surface area contributed by atoms with Crippen LogP contribution in [0.4, 0.5) is 34.1 Å². The lowest BCUT2D eigenvalue weighted by Gasteiger charge is -2.13. The Morgan fingerprint density at radius 1 is 0.529 bits per heavy atom. The molecule has 0 amide bonds. The number of aryl methyl sites for hydroxylation is 2. The molecule has 6 aromatic rings. The van der Waals surface area contributed by atoms with Gasteiger partial charge < -0.3 is 10.6 Å². The molecule has 0 unspecified atom stereocenters. The number of nitrogens with one attached hydrogen (secondary N) is 2. The van der Waals surface area contributed by atoms with Crippen molar-refractivity contribution in [2.75, 3.05) is 10.6 Å². The first-order valence-corrected chi connectivity index (χ1v) is 17.6. The Bertz CT molecular complexity index is 2200. The minimum Gasteiger partial charge on any atom is -0.355 e. The van der Waals surface area contributed by atoms with Gasteiger partial charge in [0.1, 0.15) is 0 Å². The molecular formula is C40H34N4O6S. The van der Waals surface area contributed by atoms with Crippen LogP contribution in [0.25, 0.3) is 0 Å². The Labute approximate surface area is 295 Å². The van der Waals surface area contributed by atoms with Crippen LogP contribution < -0.4 is 10.6 Å². The van der Waals surface area contributed by atoms with Gasteiger partial charge in [0.05, 0.1) is 19.6 Å². The Balaban J connectivity index is 1.23. The average Bonchev–Trinajstić information content (AvgIpc) is 3.11. The molecule has 11 heteroatoms. The Hall–Kier alpha value is -6.33. The van der Waals surface area contributed by atoms with Gasteiger partial charge in [0.15, 0.2) is 0 Å². The summed E-state index contributed by atoms with van der Waals surface area (Å²) in [6, 6.07) is 38.3. The second-order valence-electron chi connectivity index (χ2n) is 12.2. The van der Waals surface area contributed by atoms with Crippen molar-refractivity contribution in [1.82, 2.24) is 0 Å². The van der Waals surface area contributed by atoms with Crippen molar-refractivity contribution in [2.24, 2.45) is 0 Å². The highest BCUT2D eigenvalue weighted by Gasteiger charge is 2.26. The number of hydrogen-bond donors (Lipinski definition) is 2. The van der Waals surface area contributed by atoms with Gasteiger partial charge >= 0.3 is 0 Å². The lowest BCUT2D eigenvalue weighted by Crippen LogP contribution is -2.07. The zero-order chi connectivity index (χ0) is 36.1. The number of anilines is 4. The summed E-state index contributed by atoms with van der Waals surface area (Å²) in [5.74, 6) is 0. The third kappa shape index (κ3) is 7.95. The Kier molecular flexibility index (Phi) is 9.92. The smallest absolute Gasteiger partial charge is 0.274 e. The van der Waals surface area contributed by atoms with Crippen LogP contribution in [0.3, 0.4) is 0 Å². The molecule has 0 spiro atoms. The quantitative estimate of drug-likeness (QED) is 0.0950. The van der Waals surface area contributed by atoms with E-state index in [2.05, 4.69) is 10.6 Å². The minimum atomic E-state index is -4.34. The first kappa shape index (κ1) is 34.5. The fourth-order valence-electron chi connectivity index (χ4n) is 5.94. The summed E-state index contributed by atoms with van der Waals surface area (Å²) < 4.78 is 27.5. The van der Waals surface area contributed by atoms with E-state index >= 15 is 0 Å². The molecule has 51 heavy (non-hydrogen) atoms. The third-order valence-electron chi connectivity index (χ3n) is 8.60. The molecule has 0 bridgehead atoms. The van der Waals surface area contributed by atoms with Crippen LogP contribution in [-0.2, 0) is 22.7 Å². The molecule has 0 atom stereocenters. The van der Waals surface area contributed by atoms with Crippen LogP contribution >= 0.6 is 0 Å². The Morgan fingerprint density at radius 2 is 0.922 bits per heavy atom. The van der Waals surface area contributed by atoms with Gasteiger partial charge in [-0.1, -0.05) is 72.8 Å². The summed E-state index contributed by atoms with van der Waals surface area (Å²) in [4.78, 5) is 22.4. The molecule has 2 N–H and O–H groups in total. The van der Waals surface area contributed by atoms with Gasteiger partial charge in [-0.3, -0.25) is 20.2 Å². The van der Waals surface area contributed by atoms with Gasteiger partial charge in [-0.05, 0) is 84.6 Å². The van der Waals surface area contributed by atoms with Gasteiger partial charge in [-0.25, -0.2) is 8.42 Å². The van der Waals surface area contributed by atoms with Crippen molar-refractivity contribution in [3.05, 3.63) is 187 Å². The second-order valence-corrected chi connectivity index (χ2v) is 14.2. The molecule has 0 aromatic heterocycles. The van der Waals surface area contributed by atoms with Crippen LogP contribution in [-0.4, -0.2) is 18.3 Å². The predicted octanol–water partition coefficient (Wildman–Crippen LogP) is 9.62. The standard InChI is InChI=1S/C40H34N4O6S/c1-27-21-29(13-19-37(27)41-33-9-5-3-6-10-33)23-31-15-17-35(25-39(31)43(45)46)51(49,50)36-18-16-32(40(26-36)44(47)48)24-30-14-20-38(28(2)22-30)42-34-11-7-4-8-12-34/h3-22,25-26,41-42H,23-24H2,1-2H3. The predicted molar refractivity (Wildman–Crippen MR) is 199 cm³/mol. The van der Waals surface area contributed by atoms with Crippen molar-refractivity contribution in [3.63, 3.8) is 0 Å². The van der Waals surface area contributed by atoms with E-state index < -0.39 is 19.7 Å². The summed E-state index contributed by atoms with van der Waals surface area (Å²) in [6.45, 7) is 3.87. The van der Waals surface area contributed by atoms with Crippen molar-refractivity contribution < 1.29 is 18.3 Å². The van der Waals surface area contributed by atoms with E-state index in [1.54, 1.807) is 0 Å². The van der Waals surface area contributed by atoms with E-state index in [1.165, 1.54) is 24.3 Å². The number of benzene rings is 6. The van der Waals surface area contributed by atoms with Crippen molar-refractivity contribution in [1.29, 1.82) is 0 Å². The van der Waals surface area contributed by atoms with Crippen LogP contribution in [0.2, 0.25) is 0 Å². The zero-order valence-corrected chi connectivity index (χ0v) is 28.7. The minimum absolute atomic E-state index is 0.200. The first-order valence-electron chi connectivity index (χ1n) is 16.1. The van der Waals surface area contributed by atoms with E-state index in [4.69, 9.17) is 0 Å². The largest absolute Gasteiger partial charge is 0.355 e. The van der Waals surface area contributed by atoms with Gasteiger partial charge in [-0.2, -0.15) is 0 Å². The Morgan fingerprint density at radius 3 is 1.27 bits per heavy atom. The van der Waals surface area contributed by atoms with E-state index in [9.17, 15) is 28.6 Å². The topological polar surface area (TPSA) is 144 Å². The lowest BCUT2D eigenvalue weighted by molar-refractivity contribution is -0.385. The number of para-hydroxylation sites is 2. The molecule has 0 aliphatic carbocycles. The zero-order valence-electron chi connectivity index (χ0n) is 27.9. The summed E-state index contributed by atoms with van der Waals surface area (Å²) in [6.07, 6.45) is 0.401. The molecule has 6 rings (SSSR count). The summed E-state index contributed by atoms with van der Waals surface area (Å²) >= 11 is 0. The summed E-state index contributed by atoms with van der Waals surface area (Å²) in [5, 5.41) is 31.0. The average molecular weight is 699 g/mol. The summed E-state index contributed by atoms with van der Waals surface area (Å²) in [5.41, 5.74) is 7.12. The molecule has 0 aliphatic rings. The van der Waals surface area contributed by atoms with Crippen LogP contribution in [0.5, 0.6) is 0 Å². The SMILES string of the molecule is Cc1cc(Cc2ccc(S(=O)(=O)c3ccc(Cc4ccc(Nc5ccccc5)c(C)c4)c([N+](=O)[O-])c3)cc2[N+](=O)[O-])ccc1Nc1ccccc1. The second kappa shape index (κ2) is 14.7. The molecule has 6 aromatic carbocycles. The fraction of sp³-hybridized carbons (Fsp3) is 0.100. The highest BCUT2D eigenvalue weighted by Crippen LogP contribution is 2.33. The normalized spacial score (nSPS) is 11.2. The molecular weight excluding hydrogens is 665 g/mol. The number of sulfone groups is 1. The molecule has 256 valence electrons. The van der Waals surface area contributed by atoms with Crippen molar-refractivity contribution in [2.45, 2.75) is 36.5 Å². The number of nitrogens with zero attached hydrogens (tertiary/aromatic N) is 2. The molecule has 0 heterocycles. The molecule has 0 aliphatic heterocycles. The van der Waals surface area contributed by atoms with E-state index in [1.807, 2.05) is 111 Å². The van der Waals surface area contributed by atoms with E-state index in [0.717, 1.165) is 57.1 Å². The highest BCUT2D eigenvalue weighted by molar-refractivity contribution is 7.91. The molecule has 0 saturated carbocycles. The number of nitro benzene ring substituents is 2. The molecule has 0 saturated heterocycles. The number of hydrogen-bond acceptors (Lipinski definition) is 8. The monoisotopic (exact) mass is 698 g/mol. The number of nitro groups is 2. The van der Waals surface area contributed by atoms with Crippen LogP contribution in [0, 0.1) is 34.1 Å². The van der Waals surface area contributed by atoms with Gasteiger partial charge in [0.25, 0.3) is 11.4 Å². The van der Waals surface area contributed by atoms with Gasteiger partial charge in [0.2, 0.25) is 9.84 Å². The maximum Gasteiger partial charge on any atom is 0.274 e. The first-order chi connectivity index (χ1) is 24.5. The van der Waals surface area contributed by atoms with Gasteiger partial charge in [0, 0.05) is 58.9 Å². The molecule has 0 radical (unpaired) electrons. The maximum absolute atomic E-state index is 13.7. The van der Waals surface area contributed by atoms with E-state index in [0.29, 0.717) is 11.1 Å². The van der Waals surface area contributed by atoms with Crippen molar-refractivity contribution in [3.8, 4) is 0 Å². The van der Waals surface area contributed by atoms with Gasteiger partial charge in [-0.15, -0.1) is 0 Å².